The molecule has 6 nitrogen and oxygen atoms in total. The molecule has 8 heteroatoms. The number of hydrogen-bond acceptors (Lipinski definition) is 5. The van der Waals surface area contributed by atoms with Gasteiger partial charge in [0.1, 0.15) is 6.10 Å². The van der Waals surface area contributed by atoms with Crippen LogP contribution < -0.4 is 34.5 Å². The smallest absolute Gasteiger partial charge is 0.756 e. The van der Waals surface area contributed by atoms with E-state index in [1.54, 1.807) is 0 Å². The van der Waals surface area contributed by atoms with E-state index in [-0.39, 0.29) is 42.5 Å². The summed E-state index contributed by atoms with van der Waals surface area (Å²) >= 11 is 0. The zero-order valence-corrected chi connectivity index (χ0v) is 20.3. The number of phosphoric ester groups is 1. The molecule has 27 heavy (non-hydrogen) atoms. The summed E-state index contributed by atoms with van der Waals surface area (Å²) in [5.74, 6) is 0. The summed E-state index contributed by atoms with van der Waals surface area (Å²) < 4.78 is 25.9. The first-order chi connectivity index (χ1) is 12.5. The van der Waals surface area contributed by atoms with Crippen molar-refractivity contribution in [3.63, 3.8) is 0 Å². The second kappa shape index (κ2) is 17.9. The number of unbranched alkanes of at least 4 members (excludes halogenated alkanes) is 12. The Bertz CT molecular complexity index is 379. The zero-order valence-electron chi connectivity index (χ0n) is 17.4. The summed E-state index contributed by atoms with van der Waals surface area (Å²) in [6.07, 6.45) is 17.3. The largest absolute Gasteiger partial charge is 1.00 e. The fourth-order valence-electron chi connectivity index (χ4n) is 3.25. The number of ether oxygens (including phenoxy) is 2. The van der Waals surface area contributed by atoms with Crippen molar-refractivity contribution in [2.45, 2.75) is 109 Å². The van der Waals surface area contributed by atoms with E-state index in [0.29, 0.717) is 6.61 Å². The molecule has 1 aliphatic heterocycles. The van der Waals surface area contributed by atoms with Crippen LogP contribution >= 0.6 is 7.82 Å². The molecule has 0 spiro atoms. The summed E-state index contributed by atoms with van der Waals surface area (Å²) in [4.78, 5) is 19.1. The Morgan fingerprint density at radius 1 is 0.963 bits per heavy atom. The van der Waals surface area contributed by atoms with Gasteiger partial charge in [-0.25, -0.2) is 0 Å². The molecule has 1 rings (SSSR count). The van der Waals surface area contributed by atoms with Crippen LogP contribution in [0, 0.1) is 0 Å². The molecular weight excluding hydrogens is 378 g/mol. The van der Waals surface area contributed by atoms with Gasteiger partial charge in [0.05, 0.1) is 13.2 Å². The standard InChI is InChI=1S/C19H39O6P.Na/c1-2-3-4-5-6-7-8-9-10-11-12-13-14-15-19-23-16-18(25-19)17-24-26(20,21)22;/h18-19H,2-17H2,1H3,(H2,20,21,22);/q;+1/p-1. The van der Waals surface area contributed by atoms with Crippen molar-refractivity contribution < 1.29 is 57.9 Å². The van der Waals surface area contributed by atoms with Crippen molar-refractivity contribution in [2.75, 3.05) is 13.2 Å². The van der Waals surface area contributed by atoms with Gasteiger partial charge in [0, 0.05) is 0 Å². The van der Waals surface area contributed by atoms with Crippen LogP contribution in [0.4, 0.5) is 0 Å². The van der Waals surface area contributed by atoms with Crippen LogP contribution in [0.25, 0.3) is 0 Å². The summed E-state index contributed by atoms with van der Waals surface area (Å²) in [5.41, 5.74) is 0. The van der Waals surface area contributed by atoms with E-state index in [2.05, 4.69) is 11.4 Å². The topological polar surface area (TPSA) is 88.1 Å². The maximum Gasteiger partial charge on any atom is 1.00 e. The molecule has 0 aliphatic carbocycles. The average Bonchev–Trinajstić information content (AvgIpc) is 3.04. The Kier molecular flexibility index (Phi) is 18.5. The minimum Gasteiger partial charge on any atom is -0.756 e. The molecule has 156 valence electrons. The monoisotopic (exact) mass is 416 g/mol. The van der Waals surface area contributed by atoms with E-state index in [0.717, 1.165) is 12.8 Å². The third kappa shape index (κ3) is 17.6. The molecule has 1 saturated heterocycles. The quantitative estimate of drug-likeness (QED) is 0.221. The number of phosphoric acid groups is 1. The van der Waals surface area contributed by atoms with Crippen molar-refractivity contribution >= 4 is 7.82 Å². The molecule has 1 N–H and O–H groups in total. The van der Waals surface area contributed by atoms with E-state index in [9.17, 15) is 9.46 Å². The molecule has 3 atom stereocenters. The van der Waals surface area contributed by atoms with Gasteiger partial charge in [-0.1, -0.05) is 84.0 Å². The second-order valence-electron chi connectivity index (χ2n) is 7.32. The SMILES string of the molecule is CCCCCCCCCCCCCCCC1OCC(COP(=O)([O-])O)O1.[Na+]. The first-order valence-corrected chi connectivity index (χ1v) is 12.0. The van der Waals surface area contributed by atoms with Crippen molar-refractivity contribution in [3.05, 3.63) is 0 Å². The van der Waals surface area contributed by atoms with Gasteiger partial charge in [0.2, 0.25) is 0 Å². The minimum absolute atomic E-state index is 0. The van der Waals surface area contributed by atoms with Crippen LogP contribution in [-0.4, -0.2) is 30.5 Å². The first-order valence-electron chi connectivity index (χ1n) is 10.5. The van der Waals surface area contributed by atoms with Crippen molar-refractivity contribution in [2.24, 2.45) is 0 Å². The van der Waals surface area contributed by atoms with Gasteiger partial charge in [-0.05, 0) is 12.8 Å². The Morgan fingerprint density at radius 2 is 1.44 bits per heavy atom. The normalized spacial score (nSPS) is 21.7. The van der Waals surface area contributed by atoms with Gasteiger partial charge < -0.3 is 23.8 Å². The summed E-state index contributed by atoms with van der Waals surface area (Å²) in [6, 6.07) is 0. The van der Waals surface area contributed by atoms with Crippen molar-refractivity contribution in [3.8, 4) is 0 Å². The predicted molar refractivity (Wildman–Crippen MR) is 101 cm³/mol. The van der Waals surface area contributed by atoms with Crippen LogP contribution in [0.15, 0.2) is 0 Å². The van der Waals surface area contributed by atoms with E-state index in [4.69, 9.17) is 14.4 Å². The maximum absolute atomic E-state index is 10.5. The van der Waals surface area contributed by atoms with Gasteiger partial charge in [0.15, 0.2) is 6.29 Å². The molecule has 0 aromatic rings. The molecule has 0 bridgehead atoms. The molecule has 0 amide bonds. The fourth-order valence-corrected chi connectivity index (χ4v) is 3.61. The van der Waals surface area contributed by atoms with Gasteiger partial charge in [-0.3, -0.25) is 4.57 Å². The van der Waals surface area contributed by atoms with Crippen molar-refractivity contribution in [1.82, 2.24) is 0 Å². The molecule has 1 fully saturated rings. The third-order valence-corrected chi connectivity index (χ3v) is 5.25. The van der Waals surface area contributed by atoms with E-state index < -0.39 is 13.9 Å². The first kappa shape index (κ1) is 28.0. The summed E-state index contributed by atoms with van der Waals surface area (Å²) in [7, 11) is -4.67. The Labute approximate surface area is 187 Å². The van der Waals surface area contributed by atoms with Crippen LogP contribution in [-0.2, 0) is 18.6 Å². The van der Waals surface area contributed by atoms with Crippen LogP contribution in [0.1, 0.15) is 96.8 Å². The Morgan fingerprint density at radius 3 is 1.93 bits per heavy atom. The van der Waals surface area contributed by atoms with Gasteiger partial charge in [0.25, 0.3) is 7.82 Å². The third-order valence-electron chi connectivity index (χ3n) is 4.78. The minimum atomic E-state index is -4.67. The molecule has 0 aromatic carbocycles. The van der Waals surface area contributed by atoms with Gasteiger partial charge in [-0.2, -0.15) is 0 Å². The van der Waals surface area contributed by atoms with Gasteiger partial charge >= 0.3 is 29.6 Å². The predicted octanol–water partition coefficient (Wildman–Crippen LogP) is 1.69. The van der Waals surface area contributed by atoms with E-state index in [1.807, 2.05) is 0 Å². The molecule has 1 aliphatic rings. The van der Waals surface area contributed by atoms with Gasteiger partial charge in [-0.15, -0.1) is 0 Å². The second-order valence-corrected chi connectivity index (χ2v) is 8.51. The van der Waals surface area contributed by atoms with Crippen LogP contribution in [0.2, 0.25) is 0 Å². The molecule has 0 radical (unpaired) electrons. The molecule has 0 aromatic heterocycles. The molecule has 1 heterocycles. The number of rotatable bonds is 17. The van der Waals surface area contributed by atoms with E-state index in [1.165, 1.54) is 77.0 Å². The van der Waals surface area contributed by atoms with Crippen molar-refractivity contribution in [1.29, 1.82) is 0 Å². The maximum atomic E-state index is 10.5. The molecule has 0 saturated carbocycles. The number of hydrogen-bond donors (Lipinski definition) is 1. The van der Waals surface area contributed by atoms with Crippen LogP contribution in [0.3, 0.4) is 0 Å². The fraction of sp³-hybridized carbons (Fsp3) is 1.00. The summed E-state index contributed by atoms with van der Waals surface area (Å²) in [6.45, 7) is 2.38. The Balaban J connectivity index is 0.00000676. The molecule has 3 unspecified atom stereocenters. The molecular formula is C19H38NaO6P. The average molecular weight is 416 g/mol. The summed E-state index contributed by atoms with van der Waals surface area (Å²) in [5, 5.41) is 0. The van der Waals surface area contributed by atoms with Crippen LogP contribution in [0.5, 0.6) is 0 Å². The Hall–Kier alpha value is 1.03. The van der Waals surface area contributed by atoms with E-state index >= 15 is 0 Å². The zero-order chi connectivity index (χ0) is 19.1.